The summed E-state index contributed by atoms with van der Waals surface area (Å²) in [6.45, 7) is 2.19. The van der Waals surface area contributed by atoms with Crippen LogP contribution in [0.1, 0.15) is 17.0 Å². The summed E-state index contributed by atoms with van der Waals surface area (Å²) in [6, 6.07) is 3.37. The minimum Gasteiger partial charge on any atom is -0.331 e. The molecule has 1 amide bonds. The van der Waals surface area contributed by atoms with Crippen molar-refractivity contribution in [3.8, 4) is 0 Å². The number of aromatic nitrogens is 5. The molecule has 0 bridgehead atoms. The van der Waals surface area contributed by atoms with Crippen molar-refractivity contribution < 1.29 is 4.79 Å². The maximum atomic E-state index is 12.5. The van der Waals surface area contributed by atoms with Crippen LogP contribution in [0.2, 0.25) is 0 Å². The van der Waals surface area contributed by atoms with Gasteiger partial charge in [-0.15, -0.1) is 0 Å². The first kappa shape index (κ1) is 14.4. The van der Waals surface area contributed by atoms with E-state index in [4.69, 9.17) is 0 Å². The normalized spacial score (nSPS) is 13.5. The molecule has 0 saturated heterocycles. The van der Waals surface area contributed by atoms with E-state index >= 15 is 0 Å². The summed E-state index contributed by atoms with van der Waals surface area (Å²) in [6.07, 6.45) is 2.89. The van der Waals surface area contributed by atoms with Crippen LogP contribution in [0.3, 0.4) is 0 Å². The molecule has 0 aliphatic carbocycles. The van der Waals surface area contributed by atoms with Gasteiger partial charge in [-0.1, -0.05) is 0 Å². The molecule has 3 aromatic heterocycles. The van der Waals surface area contributed by atoms with E-state index in [1.165, 1.54) is 26.4 Å². The predicted molar refractivity (Wildman–Crippen MR) is 83.3 cm³/mol. The van der Waals surface area contributed by atoms with Crippen molar-refractivity contribution in [3.05, 3.63) is 62.3 Å². The summed E-state index contributed by atoms with van der Waals surface area (Å²) >= 11 is 0. The number of amides is 1. The molecule has 4 heterocycles. The summed E-state index contributed by atoms with van der Waals surface area (Å²) in [5.74, 6) is -0.257. The lowest BCUT2D eigenvalue weighted by Crippen LogP contribution is -2.34. The van der Waals surface area contributed by atoms with Crippen LogP contribution in [0.25, 0.3) is 5.65 Å². The Labute approximate surface area is 135 Å². The Morgan fingerprint density at radius 3 is 2.96 bits per heavy atom. The summed E-state index contributed by atoms with van der Waals surface area (Å²) in [7, 11) is 0. The van der Waals surface area contributed by atoms with Crippen molar-refractivity contribution in [1.29, 1.82) is 0 Å². The summed E-state index contributed by atoms with van der Waals surface area (Å²) in [5, 5.41) is 2.93. The van der Waals surface area contributed by atoms with E-state index in [0.717, 1.165) is 5.69 Å². The van der Waals surface area contributed by atoms with Crippen LogP contribution >= 0.6 is 0 Å². The lowest BCUT2D eigenvalue weighted by atomic mass is 10.3. The fraction of sp³-hybridized carbons (Fsp3) is 0.267. The van der Waals surface area contributed by atoms with Crippen LogP contribution in [0.15, 0.2) is 34.1 Å². The Hall–Kier alpha value is -3.23. The molecular weight excluding hydrogens is 312 g/mol. The number of H-pyrrole nitrogens is 1. The number of aromatic amines is 1. The van der Waals surface area contributed by atoms with Gasteiger partial charge in [0.15, 0.2) is 5.65 Å². The third kappa shape index (κ3) is 2.21. The van der Waals surface area contributed by atoms with Gasteiger partial charge < -0.3 is 4.90 Å². The molecule has 0 spiro atoms. The molecule has 0 aromatic carbocycles. The van der Waals surface area contributed by atoms with Gasteiger partial charge in [0.25, 0.3) is 5.56 Å². The Kier molecular flexibility index (Phi) is 3.08. The fourth-order valence-corrected chi connectivity index (χ4v) is 2.87. The predicted octanol–water partition coefficient (Wildman–Crippen LogP) is -0.570. The highest BCUT2D eigenvalue weighted by molar-refractivity contribution is 5.76. The molecule has 0 atom stereocenters. The molecule has 1 N–H and O–H groups in total. The van der Waals surface area contributed by atoms with Crippen LogP contribution in [-0.4, -0.2) is 35.0 Å². The second kappa shape index (κ2) is 5.15. The standard InChI is InChI=1S/C15H14N6O3/c1-9-5-12-17-11-7-20(6-10(11)14(23)21(12)18-9)13(22)8-19-4-2-3-16-15(19)24/h2-5,18H,6-8H2,1H3. The van der Waals surface area contributed by atoms with E-state index in [9.17, 15) is 14.4 Å². The monoisotopic (exact) mass is 326 g/mol. The molecule has 1 aliphatic heterocycles. The third-order valence-electron chi connectivity index (χ3n) is 4.05. The molecular formula is C15H14N6O3. The van der Waals surface area contributed by atoms with Crippen LogP contribution in [0.4, 0.5) is 0 Å². The molecule has 0 unspecified atom stereocenters. The van der Waals surface area contributed by atoms with Crippen LogP contribution in [-0.2, 0) is 24.4 Å². The quantitative estimate of drug-likeness (QED) is 0.679. The fourth-order valence-electron chi connectivity index (χ4n) is 2.87. The van der Waals surface area contributed by atoms with Gasteiger partial charge in [0.1, 0.15) is 6.54 Å². The second-order valence-corrected chi connectivity index (χ2v) is 5.75. The number of hydrogen-bond acceptors (Lipinski definition) is 5. The van der Waals surface area contributed by atoms with Crippen molar-refractivity contribution in [1.82, 2.24) is 29.0 Å². The minimum atomic E-state index is -0.482. The van der Waals surface area contributed by atoms with Gasteiger partial charge in [-0.05, 0) is 13.0 Å². The molecule has 0 fully saturated rings. The molecule has 122 valence electrons. The zero-order chi connectivity index (χ0) is 16.8. The topological polar surface area (TPSA) is 105 Å². The lowest BCUT2D eigenvalue weighted by Gasteiger charge is -2.15. The van der Waals surface area contributed by atoms with E-state index in [2.05, 4.69) is 15.1 Å². The first-order chi connectivity index (χ1) is 11.5. The van der Waals surface area contributed by atoms with Gasteiger partial charge in [-0.3, -0.25) is 19.3 Å². The average molecular weight is 326 g/mol. The van der Waals surface area contributed by atoms with Crippen molar-refractivity contribution in [2.75, 3.05) is 0 Å². The maximum Gasteiger partial charge on any atom is 0.347 e. The number of hydrogen-bond donors (Lipinski definition) is 1. The first-order valence-electron chi connectivity index (χ1n) is 7.42. The summed E-state index contributed by atoms with van der Waals surface area (Å²) in [4.78, 5) is 46.1. The molecule has 0 radical (unpaired) electrons. The molecule has 4 rings (SSSR count). The zero-order valence-corrected chi connectivity index (χ0v) is 12.9. The van der Waals surface area contributed by atoms with Crippen molar-refractivity contribution in [3.63, 3.8) is 0 Å². The maximum absolute atomic E-state index is 12.5. The van der Waals surface area contributed by atoms with Gasteiger partial charge >= 0.3 is 5.69 Å². The number of carbonyl (C=O) groups excluding carboxylic acids is 1. The van der Waals surface area contributed by atoms with Gasteiger partial charge in [0.05, 0.1) is 24.3 Å². The molecule has 24 heavy (non-hydrogen) atoms. The van der Waals surface area contributed by atoms with Crippen LogP contribution < -0.4 is 11.2 Å². The second-order valence-electron chi connectivity index (χ2n) is 5.75. The Morgan fingerprint density at radius 2 is 2.17 bits per heavy atom. The highest BCUT2D eigenvalue weighted by Crippen LogP contribution is 2.19. The highest BCUT2D eigenvalue weighted by atomic mass is 16.2. The lowest BCUT2D eigenvalue weighted by molar-refractivity contribution is -0.132. The molecule has 1 aliphatic rings. The van der Waals surface area contributed by atoms with Crippen molar-refractivity contribution in [2.45, 2.75) is 26.6 Å². The van der Waals surface area contributed by atoms with Crippen LogP contribution in [0, 0.1) is 6.92 Å². The number of aryl methyl sites for hydroxylation is 1. The average Bonchev–Trinajstić information content (AvgIpc) is 3.13. The van der Waals surface area contributed by atoms with E-state index in [1.54, 1.807) is 12.1 Å². The van der Waals surface area contributed by atoms with Crippen LogP contribution in [0.5, 0.6) is 0 Å². The first-order valence-corrected chi connectivity index (χ1v) is 7.42. The molecule has 9 heteroatoms. The molecule has 3 aromatic rings. The molecule has 0 saturated carbocycles. The number of nitrogens with zero attached hydrogens (tertiary/aromatic N) is 5. The highest BCUT2D eigenvalue weighted by Gasteiger charge is 2.28. The summed E-state index contributed by atoms with van der Waals surface area (Å²) in [5.41, 5.74) is 1.80. The van der Waals surface area contributed by atoms with Gasteiger partial charge in [-0.2, -0.15) is 0 Å². The Bertz CT molecular complexity index is 1080. The van der Waals surface area contributed by atoms with Crippen molar-refractivity contribution in [2.24, 2.45) is 0 Å². The third-order valence-corrected chi connectivity index (χ3v) is 4.05. The smallest absolute Gasteiger partial charge is 0.331 e. The summed E-state index contributed by atoms with van der Waals surface area (Å²) < 4.78 is 2.62. The number of rotatable bonds is 2. The number of carbonyl (C=O) groups is 1. The van der Waals surface area contributed by atoms with Gasteiger partial charge in [0.2, 0.25) is 5.91 Å². The largest absolute Gasteiger partial charge is 0.347 e. The van der Waals surface area contributed by atoms with E-state index in [0.29, 0.717) is 16.9 Å². The SMILES string of the molecule is Cc1cc2nc3c(c(=O)n2[nH]1)CN(C(=O)Cn1cccnc1=O)C3. The van der Waals surface area contributed by atoms with E-state index < -0.39 is 5.69 Å². The Morgan fingerprint density at radius 1 is 1.33 bits per heavy atom. The van der Waals surface area contributed by atoms with Crippen molar-refractivity contribution >= 4 is 11.6 Å². The minimum absolute atomic E-state index is 0.112. The Balaban J connectivity index is 1.62. The zero-order valence-electron chi connectivity index (χ0n) is 12.9. The van der Waals surface area contributed by atoms with Gasteiger partial charge in [-0.25, -0.2) is 19.3 Å². The van der Waals surface area contributed by atoms with E-state index in [1.807, 2.05) is 6.92 Å². The number of nitrogens with one attached hydrogen (secondary N) is 1. The number of fused-ring (bicyclic) bond motifs is 2. The van der Waals surface area contributed by atoms with Gasteiger partial charge in [0, 0.05) is 24.2 Å². The van der Waals surface area contributed by atoms with E-state index in [-0.39, 0.29) is 31.1 Å². The molecule has 9 nitrogen and oxygen atoms in total.